The largest absolute Gasteiger partial charge is 0.469 e. The van der Waals surface area contributed by atoms with Gasteiger partial charge in [-0.05, 0) is 31.3 Å². The van der Waals surface area contributed by atoms with Crippen LogP contribution in [0.3, 0.4) is 0 Å². The summed E-state index contributed by atoms with van der Waals surface area (Å²) in [6.07, 6.45) is 0.799. The summed E-state index contributed by atoms with van der Waals surface area (Å²) in [5, 5.41) is 0. The summed E-state index contributed by atoms with van der Waals surface area (Å²) in [4.78, 5) is 41.5. The summed E-state index contributed by atoms with van der Waals surface area (Å²) in [5.74, 6) is -2.17. The van der Waals surface area contributed by atoms with Gasteiger partial charge >= 0.3 is 11.9 Å². The molecule has 1 aromatic rings. The summed E-state index contributed by atoms with van der Waals surface area (Å²) >= 11 is 0. The first-order valence-electron chi connectivity index (χ1n) is 12.2. The van der Waals surface area contributed by atoms with Crippen molar-refractivity contribution in [2.75, 3.05) is 38.8 Å². The fourth-order valence-electron chi connectivity index (χ4n) is 3.49. The van der Waals surface area contributed by atoms with E-state index in [-0.39, 0.29) is 43.3 Å². The number of likely N-dealkylation sites (tertiary alicyclic amines) is 1. The standard InChI is InChI=1S/C22H32N2O5.ClH/c1-5-17(2)20(26)24(18-9-7-6-8-10-18)22(21(27)29-4)12-15-23(16-13-22)14-11-19(25)28-3;/h6-10,17H,5,11-16H2,1-4H3;1H/i6D,7D,8D,9D,10D;. The molecular weight excluding hydrogens is 408 g/mol. The number of carbonyl (C=O) groups excluding carboxylic acids is 3. The van der Waals surface area contributed by atoms with E-state index in [4.69, 9.17) is 11.6 Å². The van der Waals surface area contributed by atoms with Crippen LogP contribution < -0.4 is 4.90 Å². The highest BCUT2D eigenvalue weighted by Crippen LogP contribution is 2.36. The molecule has 1 aromatic carbocycles. The molecule has 2 rings (SSSR count). The molecule has 168 valence electrons. The van der Waals surface area contributed by atoms with Crippen LogP contribution in [-0.2, 0) is 23.9 Å². The molecule has 0 N–H and O–H groups in total. The predicted octanol–water partition coefficient (Wildman–Crippen LogP) is 3.06. The first kappa shape index (κ1) is 18.6. The van der Waals surface area contributed by atoms with Crippen molar-refractivity contribution in [2.24, 2.45) is 5.92 Å². The number of methoxy groups -OCH3 is 2. The third-order valence-electron chi connectivity index (χ3n) is 5.50. The number of nitrogens with zero attached hydrogens (tertiary/aromatic N) is 2. The van der Waals surface area contributed by atoms with E-state index in [1.54, 1.807) is 13.8 Å². The third kappa shape index (κ3) is 5.73. The van der Waals surface area contributed by atoms with Crippen LogP contribution in [0.15, 0.2) is 30.2 Å². The van der Waals surface area contributed by atoms with E-state index in [9.17, 15) is 14.4 Å². The van der Waals surface area contributed by atoms with E-state index in [2.05, 4.69) is 4.74 Å². The quantitative estimate of drug-likeness (QED) is 0.572. The van der Waals surface area contributed by atoms with Gasteiger partial charge in [0.05, 0.1) is 27.5 Å². The second-order valence-corrected chi connectivity index (χ2v) is 7.15. The van der Waals surface area contributed by atoms with Crippen molar-refractivity contribution in [3.05, 3.63) is 30.2 Å². The van der Waals surface area contributed by atoms with Gasteiger partial charge in [-0.2, -0.15) is 0 Å². The zero-order chi connectivity index (χ0) is 25.8. The molecule has 1 amide bonds. The molecule has 0 saturated carbocycles. The van der Waals surface area contributed by atoms with Crippen molar-refractivity contribution in [1.82, 2.24) is 4.90 Å². The van der Waals surface area contributed by atoms with Gasteiger partial charge in [0.1, 0.15) is 5.54 Å². The molecule has 30 heavy (non-hydrogen) atoms. The molecule has 1 atom stereocenters. The first-order valence-corrected chi connectivity index (χ1v) is 9.75. The topological polar surface area (TPSA) is 76.2 Å². The van der Waals surface area contributed by atoms with Gasteiger partial charge in [0.15, 0.2) is 0 Å². The Balaban J connectivity index is 0.00000612. The van der Waals surface area contributed by atoms with Crippen LogP contribution >= 0.6 is 12.4 Å². The maximum absolute atomic E-state index is 13.7. The van der Waals surface area contributed by atoms with Crippen molar-refractivity contribution in [3.63, 3.8) is 0 Å². The van der Waals surface area contributed by atoms with Crippen LogP contribution in [-0.4, -0.2) is 62.1 Å². The number of halogens is 1. The van der Waals surface area contributed by atoms with Crippen LogP contribution in [0.5, 0.6) is 0 Å². The Hall–Kier alpha value is -2.12. The summed E-state index contributed by atoms with van der Waals surface area (Å²) in [5.41, 5.74) is -1.89. The molecule has 1 saturated heterocycles. The second-order valence-electron chi connectivity index (χ2n) is 7.15. The smallest absolute Gasteiger partial charge is 0.332 e. The maximum Gasteiger partial charge on any atom is 0.332 e. The molecule has 0 spiro atoms. The van der Waals surface area contributed by atoms with E-state index in [1.807, 2.05) is 4.90 Å². The molecule has 7 nitrogen and oxygen atoms in total. The second kappa shape index (κ2) is 11.9. The highest BCUT2D eigenvalue weighted by atomic mass is 35.5. The number of rotatable bonds is 8. The van der Waals surface area contributed by atoms with Crippen molar-refractivity contribution in [3.8, 4) is 0 Å². The lowest BCUT2D eigenvalue weighted by Gasteiger charge is -2.47. The van der Waals surface area contributed by atoms with Gasteiger partial charge in [-0.25, -0.2) is 4.79 Å². The number of amides is 1. The minimum absolute atomic E-state index is 0. The fourth-order valence-corrected chi connectivity index (χ4v) is 3.49. The van der Waals surface area contributed by atoms with Gasteiger partial charge in [0.2, 0.25) is 5.91 Å². The Morgan fingerprint density at radius 3 is 2.27 bits per heavy atom. The van der Waals surface area contributed by atoms with Crippen LogP contribution in [0.1, 0.15) is 46.4 Å². The van der Waals surface area contributed by atoms with Gasteiger partial charge in [-0.3, -0.25) is 14.5 Å². The average Bonchev–Trinajstić information content (AvgIpc) is 2.86. The van der Waals surface area contributed by atoms with E-state index in [0.717, 1.165) is 4.90 Å². The van der Waals surface area contributed by atoms with Crippen molar-refractivity contribution < 1.29 is 30.7 Å². The molecule has 0 bridgehead atoms. The minimum Gasteiger partial charge on any atom is -0.469 e. The Morgan fingerprint density at radius 1 is 1.17 bits per heavy atom. The van der Waals surface area contributed by atoms with Gasteiger partial charge in [-0.1, -0.05) is 32.0 Å². The number of benzene rings is 1. The minimum atomic E-state index is -1.56. The molecule has 8 heteroatoms. The highest BCUT2D eigenvalue weighted by molar-refractivity contribution is 6.03. The third-order valence-corrected chi connectivity index (χ3v) is 5.50. The van der Waals surface area contributed by atoms with Crippen LogP contribution in [0, 0.1) is 5.92 Å². The van der Waals surface area contributed by atoms with Gasteiger partial charge < -0.3 is 14.4 Å². The van der Waals surface area contributed by atoms with Crippen molar-refractivity contribution in [1.29, 1.82) is 0 Å². The number of ether oxygens (including phenoxy) is 2. The lowest BCUT2D eigenvalue weighted by Crippen LogP contribution is -2.63. The van der Waals surface area contributed by atoms with Crippen LogP contribution in [0.4, 0.5) is 5.69 Å². The number of hydrogen-bond acceptors (Lipinski definition) is 6. The molecular formula is C22H33ClN2O5. The molecule has 1 heterocycles. The van der Waals surface area contributed by atoms with Crippen molar-refractivity contribution >= 4 is 35.9 Å². The lowest BCUT2D eigenvalue weighted by atomic mass is 9.83. The Labute approximate surface area is 192 Å². The number of piperidine rings is 1. The molecule has 1 fully saturated rings. The Kier molecular flexibility index (Phi) is 7.40. The molecule has 1 aliphatic heterocycles. The average molecular weight is 446 g/mol. The molecule has 0 radical (unpaired) electrons. The summed E-state index contributed by atoms with van der Waals surface area (Å²) in [6, 6.07) is -2.88. The number of anilines is 1. The van der Waals surface area contributed by atoms with Crippen molar-refractivity contribution in [2.45, 2.75) is 45.1 Å². The molecule has 1 aliphatic rings. The van der Waals surface area contributed by atoms with Crippen LogP contribution in [0.25, 0.3) is 0 Å². The number of para-hydroxylation sites is 1. The number of hydrogen-bond donors (Lipinski definition) is 0. The first-order chi connectivity index (χ1) is 16.0. The monoisotopic (exact) mass is 445 g/mol. The van der Waals surface area contributed by atoms with E-state index < -0.39 is 53.5 Å². The maximum atomic E-state index is 13.7. The lowest BCUT2D eigenvalue weighted by molar-refractivity contribution is -0.151. The summed E-state index contributed by atoms with van der Waals surface area (Å²) in [7, 11) is 2.50. The number of carbonyl (C=O) groups is 3. The zero-order valence-corrected chi connectivity index (χ0v) is 18.7. The molecule has 1 unspecified atom stereocenters. The highest BCUT2D eigenvalue weighted by Gasteiger charge is 2.50. The van der Waals surface area contributed by atoms with Gasteiger partial charge in [0.25, 0.3) is 0 Å². The Bertz CT molecular complexity index is 928. The normalized spacial score (nSPS) is 19.0. The molecule has 0 aromatic heterocycles. The number of esters is 2. The summed E-state index contributed by atoms with van der Waals surface area (Å²) < 4.78 is 50.8. The predicted molar refractivity (Wildman–Crippen MR) is 118 cm³/mol. The zero-order valence-electron chi connectivity index (χ0n) is 22.9. The van der Waals surface area contributed by atoms with Crippen LogP contribution in [0.2, 0.25) is 0 Å². The van der Waals surface area contributed by atoms with Gasteiger partial charge in [0, 0.05) is 31.2 Å². The Morgan fingerprint density at radius 2 is 1.77 bits per heavy atom. The SMILES string of the molecule is Cl.[2H]c1c([2H])c([2H])c(N(C(=O)C(C)CC)C2(C(=O)OC)CCN(CCC(=O)OC)CC2)c([2H])c1[2H]. The van der Waals surface area contributed by atoms with E-state index in [1.165, 1.54) is 14.2 Å². The van der Waals surface area contributed by atoms with Gasteiger partial charge in [-0.15, -0.1) is 12.4 Å². The van der Waals surface area contributed by atoms with E-state index in [0.29, 0.717) is 26.1 Å². The van der Waals surface area contributed by atoms with E-state index >= 15 is 0 Å². The molecule has 0 aliphatic carbocycles. The summed E-state index contributed by atoms with van der Waals surface area (Å²) in [6.45, 7) is 4.52. The fraction of sp³-hybridized carbons (Fsp3) is 0.591.